The van der Waals surface area contributed by atoms with E-state index in [1.54, 1.807) is 39.0 Å². The number of hydrogen-bond acceptors (Lipinski definition) is 5. The molecule has 5 heteroatoms. The first-order valence-corrected chi connectivity index (χ1v) is 12.8. The molecule has 0 bridgehead atoms. The highest BCUT2D eigenvalue weighted by Gasteiger charge is 2.53. The maximum atomic E-state index is 12.8. The molecule has 0 atom stereocenters. The van der Waals surface area contributed by atoms with E-state index < -0.39 is 5.41 Å². The highest BCUT2D eigenvalue weighted by atomic mass is 16.5. The van der Waals surface area contributed by atoms with Crippen molar-refractivity contribution in [2.45, 2.75) is 72.6 Å². The zero-order valence-corrected chi connectivity index (χ0v) is 23.0. The molecule has 1 aliphatic heterocycles. The molecule has 0 unspecified atom stereocenters. The average molecular weight is 502 g/mol. The van der Waals surface area contributed by atoms with Crippen LogP contribution in [-0.4, -0.2) is 23.9 Å². The molecule has 1 heterocycles. The number of Topliss-reactive ketones (excluding diaryl/α,β-unsaturated/α-hetero) is 2. The number of carbonyl (C=O) groups excluding carboxylic acids is 2. The summed E-state index contributed by atoms with van der Waals surface area (Å²) in [6, 6.07) is 4.05. The van der Waals surface area contributed by atoms with Crippen molar-refractivity contribution in [3.63, 3.8) is 0 Å². The Hall–Kier alpha value is -3.47. The van der Waals surface area contributed by atoms with Crippen LogP contribution in [0.2, 0.25) is 0 Å². The van der Waals surface area contributed by atoms with Crippen LogP contribution < -0.4 is 9.47 Å². The van der Waals surface area contributed by atoms with Crippen LogP contribution in [0.1, 0.15) is 71.4 Å². The summed E-state index contributed by atoms with van der Waals surface area (Å²) in [5.41, 5.74) is 3.79. The number of aryl methyl sites for hydroxylation is 1. The zero-order chi connectivity index (χ0) is 27.5. The van der Waals surface area contributed by atoms with Gasteiger partial charge in [-0.1, -0.05) is 37.5 Å². The predicted molar refractivity (Wildman–Crippen MR) is 150 cm³/mol. The molecular weight excluding hydrogens is 462 g/mol. The molecule has 5 nitrogen and oxygen atoms in total. The molecule has 1 saturated carbocycles. The van der Waals surface area contributed by atoms with E-state index in [4.69, 9.17) is 14.9 Å². The number of hydrogen-bond donors (Lipinski definition) is 1. The van der Waals surface area contributed by atoms with Crippen molar-refractivity contribution in [1.82, 2.24) is 0 Å². The van der Waals surface area contributed by atoms with Gasteiger partial charge < -0.3 is 14.9 Å². The van der Waals surface area contributed by atoms with E-state index >= 15 is 0 Å². The molecule has 1 N–H and O–H groups in total. The van der Waals surface area contributed by atoms with Crippen molar-refractivity contribution in [1.29, 1.82) is 5.41 Å². The molecule has 3 rings (SSSR count). The van der Waals surface area contributed by atoms with Crippen molar-refractivity contribution in [3.05, 3.63) is 83.2 Å². The molecule has 2 aliphatic rings. The summed E-state index contributed by atoms with van der Waals surface area (Å²) in [7, 11) is 0. The van der Waals surface area contributed by atoms with Gasteiger partial charge in [0.25, 0.3) is 0 Å². The molecule has 0 amide bonds. The average Bonchev–Trinajstić information content (AvgIpc) is 3.52. The van der Waals surface area contributed by atoms with Gasteiger partial charge in [0.05, 0.1) is 12.0 Å². The van der Waals surface area contributed by atoms with E-state index in [0.29, 0.717) is 12.0 Å². The van der Waals surface area contributed by atoms with Gasteiger partial charge in [0.1, 0.15) is 23.0 Å². The fourth-order valence-electron chi connectivity index (χ4n) is 4.38. The van der Waals surface area contributed by atoms with E-state index in [1.807, 2.05) is 25.1 Å². The third-order valence-electron chi connectivity index (χ3n) is 7.73. The van der Waals surface area contributed by atoms with Crippen LogP contribution in [0, 0.1) is 17.7 Å². The van der Waals surface area contributed by atoms with Gasteiger partial charge in [0, 0.05) is 28.7 Å². The Kier molecular flexibility index (Phi) is 8.26. The highest BCUT2D eigenvalue weighted by molar-refractivity contribution is 6.10. The lowest BCUT2D eigenvalue weighted by Gasteiger charge is -2.22. The summed E-state index contributed by atoms with van der Waals surface area (Å²) in [5.74, 6) is 2.20. The molecule has 1 aromatic carbocycles. The van der Waals surface area contributed by atoms with Crippen molar-refractivity contribution < 1.29 is 19.1 Å². The second-order valence-corrected chi connectivity index (χ2v) is 10.7. The lowest BCUT2D eigenvalue weighted by molar-refractivity contribution is -0.124. The Balaban J connectivity index is 1.84. The van der Waals surface area contributed by atoms with Gasteiger partial charge >= 0.3 is 0 Å². The summed E-state index contributed by atoms with van der Waals surface area (Å²) in [4.78, 5) is 25.1. The first kappa shape index (κ1) is 28.1. The monoisotopic (exact) mass is 501 g/mol. The third kappa shape index (κ3) is 5.93. The molecular formula is C32H39NO4. The smallest absolute Gasteiger partial charge is 0.156 e. The number of fused-ring (bicyclic) bond motifs is 2. The summed E-state index contributed by atoms with van der Waals surface area (Å²) in [5, 5.41) is 7.90. The largest absolute Gasteiger partial charge is 0.492 e. The van der Waals surface area contributed by atoms with E-state index in [1.165, 1.54) is 12.5 Å². The summed E-state index contributed by atoms with van der Waals surface area (Å²) in [6.07, 6.45) is 9.82. The van der Waals surface area contributed by atoms with Crippen LogP contribution >= 0.6 is 0 Å². The predicted octanol–water partition coefficient (Wildman–Crippen LogP) is 7.30. The molecule has 0 aromatic heterocycles. The maximum absolute atomic E-state index is 12.8. The maximum Gasteiger partial charge on any atom is 0.156 e. The fraction of sp³-hybridized carbons (Fsp3) is 0.406. The lowest BCUT2D eigenvalue weighted by Crippen LogP contribution is -2.31. The van der Waals surface area contributed by atoms with Crippen LogP contribution in [0.25, 0.3) is 0 Å². The number of carbonyl (C=O) groups is 2. The summed E-state index contributed by atoms with van der Waals surface area (Å²) in [6.45, 7) is 19.1. The van der Waals surface area contributed by atoms with Crippen molar-refractivity contribution >= 4 is 17.3 Å². The van der Waals surface area contributed by atoms with Gasteiger partial charge in [-0.3, -0.25) is 9.59 Å². The number of nitrogens with one attached hydrogen (secondary N) is 1. The Morgan fingerprint density at radius 1 is 1.16 bits per heavy atom. The first-order valence-electron chi connectivity index (χ1n) is 12.8. The quantitative estimate of drug-likeness (QED) is 0.141. The summed E-state index contributed by atoms with van der Waals surface area (Å²) >= 11 is 0. The molecule has 1 aliphatic carbocycles. The van der Waals surface area contributed by atoms with Gasteiger partial charge in [-0.15, -0.1) is 0 Å². The molecule has 1 fully saturated rings. The fourth-order valence-corrected chi connectivity index (χ4v) is 4.38. The number of allylic oxidation sites excluding steroid dienone is 8. The number of ketones is 2. The molecule has 37 heavy (non-hydrogen) atoms. The van der Waals surface area contributed by atoms with E-state index in [9.17, 15) is 9.59 Å². The van der Waals surface area contributed by atoms with Crippen molar-refractivity contribution in [2.75, 3.05) is 6.61 Å². The zero-order valence-electron chi connectivity index (χ0n) is 23.0. The van der Waals surface area contributed by atoms with Crippen LogP contribution in [0.15, 0.2) is 72.1 Å². The number of benzene rings is 1. The van der Waals surface area contributed by atoms with Crippen LogP contribution in [0.4, 0.5) is 0 Å². The van der Waals surface area contributed by atoms with E-state index in [2.05, 4.69) is 20.1 Å². The summed E-state index contributed by atoms with van der Waals surface area (Å²) < 4.78 is 12.4. The highest BCUT2D eigenvalue weighted by Crippen LogP contribution is 2.59. The number of ether oxygens (including phenoxy) is 2. The third-order valence-corrected chi connectivity index (χ3v) is 7.73. The van der Waals surface area contributed by atoms with Gasteiger partial charge in [-0.05, 0) is 89.7 Å². The normalized spacial score (nSPS) is 16.9. The SMILES string of the molecule is C=C/C(C/C=C(C=C)/C=C(/CC(=O)C(C)(C)C(C)=N)C(C)=O)=C(/C)Oc1ccc(C)c2c1C1(CC1)CO2. The molecule has 1 spiro atoms. The minimum atomic E-state index is -0.917. The van der Waals surface area contributed by atoms with E-state index in [0.717, 1.165) is 53.4 Å². The lowest BCUT2D eigenvalue weighted by atomic mass is 9.80. The van der Waals surface area contributed by atoms with Crippen molar-refractivity contribution in [3.8, 4) is 11.5 Å². The van der Waals surface area contributed by atoms with Crippen LogP contribution in [0.3, 0.4) is 0 Å². The van der Waals surface area contributed by atoms with Crippen LogP contribution in [-0.2, 0) is 15.0 Å². The first-order chi connectivity index (χ1) is 17.4. The Morgan fingerprint density at radius 2 is 1.84 bits per heavy atom. The Morgan fingerprint density at radius 3 is 2.38 bits per heavy atom. The second-order valence-electron chi connectivity index (χ2n) is 10.7. The minimum absolute atomic E-state index is 0.0294. The topological polar surface area (TPSA) is 76.5 Å². The van der Waals surface area contributed by atoms with Gasteiger partial charge in [-0.25, -0.2) is 0 Å². The molecule has 1 aromatic rings. The Labute approximate surface area is 221 Å². The van der Waals surface area contributed by atoms with Gasteiger partial charge in [-0.2, -0.15) is 0 Å². The Bertz CT molecular complexity index is 1250. The second kappa shape index (κ2) is 10.9. The minimum Gasteiger partial charge on any atom is -0.492 e. The van der Waals surface area contributed by atoms with Crippen molar-refractivity contribution in [2.24, 2.45) is 5.41 Å². The molecule has 0 radical (unpaired) electrons. The van der Waals surface area contributed by atoms with Crippen LogP contribution in [0.5, 0.6) is 11.5 Å². The van der Waals surface area contributed by atoms with Gasteiger partial charge in [0.15, 0.2) is 5.78 Å². The molecule has 0 saturated heterocycles. The standard InChI is InChI=1S/C32H39NO4/c1-9-24(17-26(21(4)34)18-28(35)31(7,8)23(6)33)12-13-25(10-2)22(5)37-27-14-11-20(3)30-29(27)32(15-16-32)19-36-30/h9-12,14,17,33H,1-2,13,15-16,18-19H2,3-8H3/b24-12+,25-22+,26-17-,33-23?. The number of rotatable bonds is 12. The van der Waals surface area contributed by atoms with E-state index in [-0.39, 0.29) is 29.1 Å². The van der Waals surface area contributed by atoms with Gasteiger partial charge in [0.2, 0.25) is 0 Å². The molecule has 196 valence electrons.